The van der Waals surface area contributed by atoms with E-state index in [4.69, 9.17) is 18.9 Å². The molecule has 2 aromatic rings. The lowest BCUT2D eigenvalue weighted by Crippen LogP contribution is -2.59. The van der Waals surface area contributed by atoms with E-state index < -0.39 is 83.2 Å². The Balaban J connectivity index is 1.46. The number of rotatable bonds is 10. The molecule has 0 saturated carbocycles. The Labute approximate surface area is 337 Å². The van der Waals surface area contributed by atoms with Gasteiger partial charge >= 0.3 is 12.1 Å². The van der Waals surface area contributed by atoms with Crippen LogP contribution < -0.4 is 0 Å². The Bertz CT molecular complexity index is 1750. The zero-order valence-corrected chi connectivity index (χ0v) is 35.4. The molecule has 314 valence electrons. The number of aliphatic hydroxyl groups is 1. The summed E-state index contributed by atoms with van der Waals surface area (Å²) in [7, 11) is 0. The van der Waals surface area contributed by atoms with Crippen molar-refractivity contribution in [3.63, 3.8) is 0 Å². The number of hydrogen-bond donors (Lipinski definition) is 1. The number of hydrogen-bond acceptors (Lipinski definition) is 11. The van der Waals surface area contributed by atoms with E-state index in [2.05, 4.69) is 9.97 Å². The van der Waals surface area contributed by atoms with Crippen molar-refractivity contribution in [2.45, 2.75) is 150 Å². The summed E-state index contributed by atoms with van der Waals surface area (Å²) in [6.07, 6.45) is 8.79. The first-order chi connectivity index (χ1) is 26.9. The molecule has 3 saturated heterocycles. The molecule has 57 heavy (non-hydrogen) atoms. The Hall–Kier alpha value is -3.94. The van der Waals surface area contributed by atoms with Gasteiger partial charge in [0, 0.05) is 55.0 Å². The van der Waals surface area contributed by atoms with Gasteiger partial charge in [-0.15, -0.1) is 0 Å². The van der Waals surface area contributed by atoms with Crippen molar-refractivity contribution in [1.29, 1.82) is 0 Å². The number of cyclic esters (lactones) is 1. The molecule has 0 unspecified atom stereocenters. The molecule has 1 N–H and O–H groups in total. The molecular weight excluding hydrogens is 729 g/mol. The van der Waals surface area contributed by atoms with Gasteiger partial charge in [-0.2, -0.15) is 0 Å². The molecule has 1 amide bonds. The number of aryl methyl sites for hydroxylation is 1. The molecule has 0 aliphatic carbocycles. The number of aliphatic hydroxyl groups excluding tert-OH is 1. The SMILES string of the molecule is C/C=C/[C@]12OC(=O)N(CCCCn3cnc(-c4cccnc4)c3)[C@@H]1[C@@H](C)C(=O)[C@H](C)CC(C)(C)[C@H](O[C@@H]1O[C@H](C)C[C@H](C)[C@H]1O)[C@@H](C)C(=O)[C@@H](C)C(=O)O[C@@H]2CC. The molecule has 5 heterocycles. The molecular formula is C44H64N4O9. The summed E-state index contributed by atoms with van der Waals surface area (Å²) in [5.74, 6) is -4.60. The van der Waals surface area contributed by atoms with Crippen molar-refractivity contribution in [2.75, 3.05) is 6.54 Å². The monoisotopic (exact) mass is 792 g/mol. The third-order valence-corrected chi connectivity index (χ3v) is 12.4. The fraction of sp³-hybridized carbons (Fsp3) is 0.682. The molecule has 0 radical (unpaired) electrons. The first-order valence-corrected chi connectivity index (χ1v) is 20.8. The van der Waals surface area contributed by atoms with Gasteiger partial charge in [0.2, 0.25) is 0 Å². The standard InChI is InChI=1S/C44H64N4O9/c1-11-17-44-34(12-2)55-40(52)31(8)37(51)30(7)39(56-41-36(50)26(3)21-28(5)54-41)43(9,10)22-27(4)35(49)29(6)38(44)48(42(53)57-44)20-14-13-19-47-24-33(46-25-47)32-16-15-18-45-23-32/h11,15-18,23-31,34,36,38-39,41,50H,12-14,19-22H2,1-10H3/b17-11+/t26-,27+,28+,29-,30-,31+,34+,36+,38+,39+,41-,44+/m0/s1. The summed E-state index contributed by atoms with van der Waals surface area (Å²) in [5, 5.41) is 11.1. The highest BCUT2D eigenvalue weighted by molar-refractivity contribution is 6.00. The minimum Gasteiger partial charge on any atom is -0.457 e. The van der Waals surface area contributed by atoms with Crippen LogP contribution >= 0.6 is 0 Å². The zero-order chi connectivity index (χ0) is 41.8. The van der Waals surface area contributed by atoms with Gasteiger partial charge in [0.15, 0.2) is 17.7 Å². The van der Waals surface area contributed by atoms with Gasteiger partial charge < -0.3 is 28.6 Å². The van der Waals surface area contributed by atoms with Crippen molar-refractivity contribution in [1.82, 2.24) is 19.4 Å². The van der Waals surface area contributed by atoms with Crippen LogP contribution in [-0.4, -0.2) is 97.1 Å². The van der Waals surface area contributed by atoms with E-state index in [-0.39, 0.29) is 24.2 Å². The molecule has 3 fully saturated rings. The third kappa shape index (κ3) is 9.36. The van der Waals surface area contributed by atoms with E-state index in [1.165, 1.54) is 6.92 Å². The number of ketones is 2. The highest BCUT2D eigenvalue weighted by Gasteiger charge is 2.61. The summed E-state index contributed by atoms with van der Waals surface area (Å²) < 4.78 is 27.2. The number of ether oxygens (including phenoxy) is 4. The Morgan fingerprint density at radius 3 is 2.40 bits per heavy atom. The van der Waals surface area contributed by atoms with Gasteiger partial charge in [-0.25, -0.2) is 9.78 Å². The smallest absolute Gasteiger partial charge is 0.411 e. The van der Waals surface area contributed by atoms with Crippen molar-refractivity contribution in [3.05, 3.63) is 49.2 Å². The first-order valence-electron chi connectivity index (χ1n) is 20.8. The lowest BCUT2D eigenvalue weighted by atomic mass is 9.69. The van der Waals surface area contributed by atoms with E-state index in [1.54, 1.807) is 49.6 Å². The fourth-order valence-corrected chi connectivity index (χ4v) is 9.54. The number of aromatic nitrogens is 3. The van der Waals surface area contributed by atoms with Gasteiger partial charge in [0.1, 0.15) is 23.9 Å². The minimum absolute atomic E-state index is 0.0906. The van der Waals surface area contributed by atoms with Gasteiger partial charge in [0.05, 0.1) is 30.3 Å². The number of allylic oxidation sites excluding steroid dienone is 1. The van der Waals surface area contributed by atoms with E-state index in [1.807, 2.05) is 71.4 Å². The molecule has 0 bridgehead atoms. The summed E-state index contributed by atoms with van der Waals surface area (Å²) in [5.41, 5.74) is -0.553. The summed E-state index contributed by atoms with van der Waals surface area (Å²) >= 11 is 0. The second-order valence-corrected chi connectivity index (χ2v) is 17.4. The number of carbonyl (C=O) groups is 4. The highest BCUT2D eigenvalue weighted by atomic mass is 16.7. The number of unbranched alkanes of at least 4 members (excludes halogenated alkanes) is 1. The largest absolute Gasteiger partial charge is 0.457 e. The molecule has 5 rings (SSSR count). The molecule has 13 nitrogen and oxygen atoms in total. The van der Waals surface area contributed by atoms with Crippen LogP contribution in [0.1, 0.15) is 101 Å². The first kappa shape index (κ1) is 44.2. The number of amides is 1. The number of nitrogens with zero attached hydrogens (tertiary/aromatic N) is 4. The highest BCUT2D eigenvalue weighted by Crippen LogP contribution is 2.45. The predicted molar refractivity (Wildman–Crippen MR) is 213 cm³/mol. The van der Waals surface area contributed by atoms with E-state index in [0.29, 0.717) is 38.8 Å². The van der Waals surface area contributed by atoms with Crippen molar-refractivity contribution in [2.24, 2.45) is 35.0 Å². The average molecular weight is 793 g/mol. The maximum atomic E-state index is 14.8. The fourth-order valence-electron chi connectivity index (χ4n) is 9.54. The Morgan fingerprint density at radius 1 is 1.02 bits per heavy atom. The molecule has 0 aromatic carbocycles. The van der Waals surface area contributed by atoms with Crippen LogP contribution in [0.3, 0.4) is 0 Å². The minimum atomic E-state index is -1.49. The maximum absolute atomic E-state index is 14.8. The predicted octanol–water partition coefficient (Wildman–Crippen LogP) is 6.81. The van der Waals surface area contributed by atoms with Crippen LogP contribution in [0.2, 0.25) is 0 Å². The second-order valence-electron chi connectivity index (χ2n) is 17.4. The van der Waals surface area contributed by atoms with Gasteiger partial charge in [-0.3, -0.25) is 24.3 Å². The second kappa shape index (κ2) is 18.3. The van der Waals surface area contributed by atoms with E-state index >= 15 is 0 Å². The van der Waals surface area contributed by atoms with Crippen LogP contribution in [0.25, 0.3) is 11.3 Å². The molecule has 0 spiro atoms. The summed E-state index contributed by atoms with van der Waals surface area (Å²) in [6.45, 7) is 19.3. The summed E-state index contributed by atoms with van der Waals surface area (Å²) in [6, 6.07) is 3.01. The molecule has 12 atom stereocenters. The number of esters is 1. The van der Waals surface area contributed by atoms with Crippen molar-refractivity contribution >= 4 is 23.6 Å². The number of carbonyl (C=O) groups excluding carboxylic acids is 4. The van der Waals surface area contributed by atoms with Crippen LogP contribution in [0.15, 0.2) is 49.2 Å². The van der Waals surface area contributed by atoms with Crippen LogP contribution in [-0.2, 0) is 39.9 Å². The van der Waals surface area contributed by atoms with E-state index in [9.17, 15) is 24.3 Å². The maximum Gasteiger partial charge on any atom is 0.411 e. The number of pyridine rings is 1. The van der Waals surface area contributed by atoms with Gasteiger partial charge in [-0.1, -0.05) is 54.5 Å². The van der Waals surface area contributed by atoms with Crippen LogP contribution in [0.4, 0.5) is 4.79 Å². The molecule has 3 aliphatic rings. The number of Topliss-reactive ketones (excluding diaryl/α,β-unsaturated/α-hetero) is 2. The van der Waals surface area contributed by atoms with Crippen molar-refractivity contribution < 1.29 is 43.2 Å². The number of imidazole rings is 1. The van der Waals surface area contributed by atoms with E-state index in [0.717, 1.165) is 11.3 Å². The van der Waals surface area contributed by atoms with Gasteiger partial charge in [0.25, 0.3) is 0 Å². The molecule has 3 aliphatic heterocycles. The topological polar surface area (TPSA) is 159 Å². The van der Waals surface area contributed by atoms with Gasteiger partial charge in [-0.05, 0) is 82.4 Å². The van der Waals surface area contributed by atoms with Crippen LogP contribution in [0, 0.1) is 35.0 Å². The summed E-state index contributed by atoms with van der Waals surface area (Å²) in [4.78, 5) is 67.4. The quantitative estimate of drug-likeness (QED) is 0.117. The Kier molecular flexibility index (Phi) is 14.2. The normalized spacial score (nSPS) is 35.5. The molecule has 13 heteroatoms. The zero-order valence-electron chi connectivity index (χ0n) is 35.4. The average Bonchev–Trinajstić information content (AvgIpc) is 3.76. The van der Waals surface area contributed by atoms with Crippen LogP contribution in [0.5, 0.6) is 0 Å². The third-order valence-electron chi connectivity index (χ3n) is 12.4. The lowest BCUT2D eigenvalue weighted by Gasteiger charge is -2.45. The molecule has 2 aromatic heterocycles. The Morgan fingerprint density at radius 2 is 1.74 bits per heavy atom. The lowest BCUT2D eigenvalue weighted by molar-refractivity contribution is -0.284. The number of fused-ring (bicyclic) bond motifs is 1. The van der Waals surface area contributed by atoms with Crippen molar-refractivity contribution in [3.8, 4) is 11.3 Å².